The largest absolute Gasteiger partial charge is 0.338 e. The van der Waals surface area contributed by atoms with Gasteiger partial charge in [0.25, 0.3) is 11.8 Å². The molecule has 2 aliphatic rings. The van der Waals surface area contributed by atoms with Crippen LogP contribution in [0.1, 0.15) is 33.8 Å². The van der Waals surface area contributed by atoms with Crippen molar-refractivity contribution in [1.29, 1.82) is 0 Å². The van der Waals surface area contributed by atoms with Crippen LogP contribution in [0.15, 0.2) is 59.5 Å². The molecule has 28 heavy (non-hydrogen) atoms. The molecule has 6 heteroatoms. The lowest BCUT2D eigenvalue weighted by atomic mass is 9.99. The molecule has 2 amide bonds. The highest BCUT2D eigenvalue weighted by atomic mass is 32.2. The van der Waals surface area contributed by atoms with Crippen LogP contribution in [0.25, 0.3) is 6.08 Å². The number of hydrogen-bond acceptors (Lipinski definition) is 4. The predicted octanol–water partition coefficient (Wildman–Crippen LogP) is 4.15. The lowest BCUT2D eigenvalue weighted by Crippen LogP contribution is -2.28. The van der Waals surface area contributed by atoms with Gasteiger partial charge in [0.2, 0.25) is 0 Å². The van der Waals surface area contributed by atoms with E-state index in [0.717, 1.165) is 25.1 Å². The molecule has 0 N–H and O–H groups in total. The molecule has 0 radical (unpaired) electrons. The van der Waals surface area contributed by atoms with Gasteiger partial charge in [-0.05, 0) is 35.8 Å². The molecule has 2 aromatic rings. The molecular weight excluding hydrogens is 388 g/mol. The van der Waals surface area contributed by atoms with E-state index in [4.69, 9.17) is 12.2 Å². The molecule has 2 fully saturated rings. The maximum absolute atomic E-state index is 12.8. The molecule has 4 nitrogen and oxygen atoms in total. The first kappa shape index (κ1) is 18.9. The van der Waals surface area contributed by atoms with E-state index >= 15 is 0 Å². The normalized spacial score (nSPS) is 21.0. The number of thioether (sulfide) groups is 1. The molecule has 0 bridgehead atoms. The molecular formula is C22H20N2O2S2. The topological polar surface area (TPSA) is 40.6 Å². The van der Waals surface area contributed by atoms with E-state index in [1.54, 1.807) is 7.05 Å². The van der Waals surface area contributed by atoms with Gasteiger partial charge < -0.3 is 4.90 Å². The van der Waals surface area contributed by atoms with E-state index < -0.39 is 0 Å². The summed E-state index contributed by atoms with van der Waals surface area (Å²) >= 11 is 6.45. The number of hydrogen-bond donors (Lipinski definition) is 0. The summed E-state index contributed by atoms with van der Waals surface area (Å²) in [7, 11) is 1.68. The predicted molar refractivity (Wildman–Crippen MR) is 117 cm³/mol. The average molecular weight is 409 g/mol. The Morgan fingerprint density at radius 1 is 1.14 bits per heavy atom. The van der Waals surface area contributed by atoms with Gasteiger partial charge in [0.15, 0.2) is 0 Å². The van der Waals surface area contributed by atoms with Crippen molar-refractivity contribution in [2.75, 3.05) is 20.1 Å². The molecule has 0 spiro atoms. The number of likely N-dealkylation sites (N-methyl/N-ethyl adjacent to an activating group) is 1. The van der Waals surface area contributed by atoms with E-state index in [2.05, 4.69) is 12.1 Å². The first-order chi connectivity index (χ1) is 13.5. The van der Waals surface area contributed by atoms with Crippen LogP contribution < -0.4 is 0 Å². The molecule has 0 aliphatic carbocycles. The van der Waals surface area contributed by atoms with E-state index in [1.807, 2.05) is 53.4 Å². The van der Waals surface area contributed by atoms with E-state index in [0.29, 0.717) is 20.7 Å². The van der Waals surface area contributed by atoms with Gasteiger partial charge in [0, 0.05) is 31.6 Å². The summed E-state index contributed by atoms with van der Waals surface area (Å²) in [6.07, 6.45) is 2.81. The van der Waals surface area contributed by atoms with Gasteiger partial charge in [-0.2, -0.15) is 0 Å². The summed E-state index contributed by atoms with van der Waals surface area (Å²) < 4.78 is 0.560. The van der Waals surface area contributed by atoms with Gasteiger partial charge in [0.05, 0.1) is 4.91 Å². The zero-order valence-electron chi connectivity index (χ0n) is 15.5. The van der Waals surface area contributed by atoms with Crippen molar-refractivity contribution in [3.8, 4) is 0 Å². The van der Waals surface area contributed by atoms with Crippen LogP contribution in [0, 0.1) is 0 Å². The summed E-state index contributed by atoms with van der Waals surface area (Å²) in [5.74, 6) is 0.379. The van der Waals surface area contributed by atoms with Crippen LogP contribution in [0.4, 0.5) is 0 Å². The maximum Gasteiger partial charge on any atom is 0.265 e. The van der Waals surface area contributed by atoms with Crippen molar-refractivity contribution in [3.63, 3.8) is 0 Å². The van der Waals surface area contributed by atoms with Crippen molar-refractivity contribution in [2.24, 2.45) is 0 Å². The van der Waals surface area contributed by atoms with Gasteiger partial charge in [0.1, 0.15) is 4.32 Å². The van der Waals surface area contributed by atoms with Crippen LogP contribution in [0.3, 0.4) is 0 Å². The maximum atomic E-state index is 12.8. The minimum Gasteiger partial charge on any atom is -0.338 e. The number of thiocarbonyl (C=S) groups is 1. The highest BCUT2D eigenvalue weighted by molar-refractivity contribution is 8.26. The molecule has 2 aliphatic heterocycles. The molecule has 0 aromatic heterocycles. The Labute approximate surface area is 174 Å². The fraction of sp³-hybridized carbons (Fsp3) is 0.227. The minimum atomic E-state index is -0.0841. The Morgan fingerprint density at radius 2 is 1.86 bits per heavy atom. The lowest BCUT2D eigenvalue weighted by Gasteiger charge is -2.17. The van der Waals surface area contributed by atoms with Crippen LogP contribution in [0.5, 0.6) is 0 Å². The first-order valence-corrected chi connectivity index (χ1v) is 10.4. The number of benzene rings is 2. The van der Waals surface area contributed by atoms with E-state index in [-0.39, 0.29) is 11.8 Å². The minimum absolute atomic E-state index is 0.0601. The Balaban J connectivity index is 1.44. The molecule has 2 saturated heterocycles. The fourth-order valence-corrected chi connectivity index (χ4v) is 4.72. The summed E-state index contributed by atoms with van der Waals surface area (Å²) in [4.78, 5) is 29.0. The second kappa shape index (κ2) is 7.89. The number of carbonyl (C=O) groups is 2. The van der Waals surface area contributed by atoms with Gasteiger partial charge in [-0.3, -0.25) is 14.5 Å². The number of amides is 2. The summed E-state index contributed by atoms with van der Waals surface area (Å²) in [6.45, 7) is 1.53. The van der Waals surface area contributed by atoms with Crippen molar-refractivity contribution >= 4 is 46.2 Å². The smallest absolute Gasteiger partial charge is 0.265 e. The molecule has 1 atom stereocenters. The molecule has 2 aromatic carbocycles. The fourth-order valence-electron chi connectivity index (χ4n) is 3.54. The second-order valence-electron chi connectivity index (χ2n) is 7.01. The SMILES string of the molecule is CN1C(=O)/C(=C\c2ccc(C(=O)N3CC[C@H](c4ccccc4)C3)cc2)SC1=S. The van der Waals surface area contributed by atoms with Crippen molar-refractivity contribution in [3.05, 3.63) is 76.2 Å². The van der Waals surface area contributed by atoms with Crippen LogP contribution in [0.2, 0.25) is 0 Å². The second-order valence-corrected chi connectivity index (χ2v) is 8.69. The van der Waals surface area contributed by atoms with Crippen LogP contribution in [-0.4, -0.2) is 46.1 Å². The number of carbonyl (C=O) groups excluding carboxylic acids is 2. The number of rotatable bonds is 3. The Hall–Kier alpha value is -2.44. The van der Waals surface area contributed by atoms with E-state index in [9.17, 15) is 9.59 Å². The standard InChI is InChI=1S/C22H20N2O2S2/c1-23-21(26)19(28-22(23)27)13-15-7-9-17(10-8-15)20(25)24-12-11-18(14-24)16-5-3-2-4-6-16/h2-10,13,18H,11-12,14H2,1H3/b19-13+/t18-/m0/s1. The van der Waals surface area contributed by atoms with Gasteiger partial charge in [-0.15, -0.1) is 0 Å². The molecule has 4 rings (SSSR count). The van der Waals surface area contributed by atoms with Gasteiger partial charge in [-0.25, -0.2) is 0 Å². The highest BCUT2D eigenvalue weighted by Crippen LogP contribution is 2.31. The zero-order chi connectivity index (χ0) is 19.7. The van der Waals surface area contributed by atoms with Crippen molar-refractivity contribution in [2.45, 2.75) is 12.3 Å². The van der Waals surface area contributed by atoms with Crippen LogP contribution >= 0.6 is 24.0 Å². The summed E-state index contributed by atoms with van der Waals surface area (Å²) in [5, 5.41) is 0. The quantitative estimate of drug-likeness (QED) is 0.565. The summed E-state index contributed by atoms with van der Waals surface area (Å²) in [5.41, 5.74) is 2.85. The number of nitrogens with zero attached hydrogens (tertiary/aromatic N) is 2. The van der Waals surface area contributed by atoms with Gasteiger partial charge in [-0.1, -0.05) is 66.4 Å². The lowest BCUT2D eigenvalue weighted by molar-refractivity contribution is -0.121. The van der Waals surface area contributed by atoms with Crippen LogP contribution in [-0.2, 0) is 4.79 Å². The molecule has 142 valence electrons. The third kappa shape index (κ3) is 3.75. The van der Waals surface area contributed by atoms with Crippen molar-refractivity contribution in [1.82, 2.24) is 9.80 Å². The molecule has 0 unspecified atom stereocenters. The zero-order valence-corrected chi connectivity index (χ0v) is 17.1. The Bertz CT molecular complexity index is 954. The van der Waals surface area contributed by atoms with E-state index in [1.165, 1.54) is 22.2 Å². The molecule has 2 heterocycles. The number of likely N-dealkylation sites (tertiary alicyclic amines) is 1. The third-order valence-corrected chi connectivity index (χ3v) is 6.67. The highest BCUT2D eigenvalue weighted by Gasteiger charge is 2.29. The van der Waals surface area contributed by atoms with Gasteiger partial charge >= 0.3 is 0 Å². The summed E-state index contributed by atoms with van der Waals surface area (Å²) in [6, 6.07) is 17.8. The first-order valence-electron chi connectivity index (χ1n) is 9.19. The Kier molecular flexibility index (Phi) is 5.33. The monoisotopic (exact) mass is 408 g/mol. The molecule has 0 saturated carbocycles. The average Bonchev–Trinajstić information content (AvgIpc) is 3.31. The Morgan fingerprint density at radius 3 is 2.50 bits per heavy atom. The van der Waals surface area contributed by atoms with Crippen molar-refractivity contribution < 1.29 is 9.59 Å². The third-order valence-electron chi connectivity index (χ3n) is 5.19.